The number of benzene rings is 4. The van der Waals surface area contributed by atoms with E-state index in [0.29, 0.717) is 40.5 Å². The van der Waals surface area contributed by atoms with Gasteiger partial charge in [-0.15, -0.1) is 0 Å². The highest BCUT2D eigenvalue weighted by molar-refractivity contribution is 8.04. The van der Waals surface area contributed by atoms with E-state index in [1.165, 1.54) is 17.8 Å². The molecule has 0 fully saturated rings. The van der Waals surface area contributed by atoms with Gasteiger partial charge in [-0.2, -0.15) is 0 Å². The third-order valence-electron chi connectivity index (χ3n) is 6.74. The zero-order valence-corrected chi connectivity index (χ0v) is 23.5. The Hall–Kier alpha value is -4.56. The van der Waals surface area contributed by atoms with Crippen LogP contribution in [-0.2, 0) is 17.8 Å². The largest absolute Gasteiger partial charge is 0.493 e. The van der Waals surface area contributed by atoms with Gasteiger partial charge in [0.1, 0.15) is 5.82 Å². The van der Waals surface area contributed by atoms with Gasteiger partial charge in [0.2, 0.25) is 0 Å². The summed E-state index contributed by atoms with van der Waals surface area (Å²) in [7, 11) is 3.18. The SMILES string of the molecule is COc1ccc(CCNC(=O)c2ccc(/C=C3\Sc4ccccc4N(Cc4ccccc4F)C3=O)cc2)cc1OC. The van der Waals surface area contributed by atoms with Crippen LogP contribution in [0.2, 0.25) is 0 Å². The molecule has 1 heterocycles. The van der Waals surface area contributed by atoms with E-state index >= 15 is 0 Å². The van der Waals surface area contributed by atoms with Crippen LogP contribution in [0.25, 0.3) is 6.08 Å². The highest BCUT2D eigenvalue weighted by Crippen LogP contribution is 2.42. The minimum atomic E-state index is -0.348. The van der Waals surface area contributed by atoms with Gasteiger partial charge in [-0.25, -0.2) is 4.39 Å². The number of halogens is 1. The number of nitrogens with zero attached hydrogens (tertiary/aromatic N) is 1. The molecule has 2 amide bonds. The third kappa shape index (κ3) is 6.44. The molecule has 5 rings (SSSR count). The maximum absolute atomic E-state index is 14.4. The molecule has 0 aromatic heterocycles. The number of hydrogen-bond donors (Lipinski definition) is 1. The van der Waals surface area contributed by atoms with Gasteiger partial charge in [-0.3, -0.25) is 9.59 Å². The topological polar surface area (TPSA) is 67.9 Å². The lowest BCUT2D eigenvalue weighted by Gasteiger charge is -2.30. The summed E-state index contributed by atoms with van der Waals surface area (Å²) in [5.41, 5.74) is 3.53. The number of thioether (sulfide) groups is 1. The second kappa shape index (κ2) is 12.7. The van der Waals surface area contributed by atoms with Gasteiger partial charge in [0, 0.05) is 22.6 Å². The van der Waals surface area contributed by atoms with Crippen LogP contribution in [0.4, 0.5) is 10.1 Å². The Kier molecular flexibility index (Phi) is 8.70. The highest BCUT2D eigenvalue weighted by Gasteiger charge is 2.29. The molecular formula is C33H29FN2O4S. The molecule has 208 valence electrons. The lowest BCUT2D eigenvalue weighted by Crippen LogP contribution is -2.34. The van der Waals surface area contributed by atoms with E-state index in [9.17, 15) is 14.0 Å². The zero-order valence-electron chi connectivity index (χ0n) is 22.7. The summed E-state index contributed by atoms with van der Waals surface area (Å²) in [6.45, 7) is 0.589. The van der Waals surface area contributed by atoms with Crippen molar-refractivity contribution in [2.45, 2.75) is 17.9 Å². The first-order valence-electron chi connectivity index (χ1n) is 13.1. The molecule has 1 N–H and O–H groups in total. The van der Waals surface area contributed by atoms with Gasteiger partial charge >= 0.3 is 0 Å². The molecular weight excluding hydrogens is 539 g/mol. The molecule has 41 heavy (non-hydrogen) atoms. The number of amides is 2. The summed E-state index contributed by atoms with van der Waals surface area (Å²) >= 11 is 1.38. The number of anilines is 1. The van der Waals surface area contributed by atoms with Crippen LogP contribution in [0.5, 0.6) is 11.5 Å². The van der Waals surface area contributed by atoms with Gasteiger partial charge in [-0.1, -0.05) is 60.3 Å². The third-order valence-corrected chi connectivity index (χ3v) is 7.81. The van der Waals surface area contributed by atoms with E-state index in [4.69, 9.17) is 9.47 Å². The van der Waals surface area contributed by atoms with Crippen molar-refractivity contribution in [3.63, 3.8) is 0 Å². The number of hydrogen-bond acceptors (Lipinski definition) is 5. The standard InChI is InChI=1S/C33H29FN2O4S/c1-39-28-16-13-23(19-29(28)40-2)17-18-35-32(37)24-14-11-22(12-15-24)20-31-33(38)36(21-25-7-3-4-8-26(25)34)27-9-5-6-10-30(27)41-31/h3-16,19-20H,17-18,21H2,1-2H3,(H,35,37)/b31-20-. The molecule has 0 saturated carbocycles. The molecule has 0 radical (unpaired) electrons. The van der Waals surface area contributed by atoms with E-state index in [-0.39, 0.29) is 24.2 Å². The van der Waals surface area contributed by atoms with Crippen molar-refractivity contribution in [1.82, 2.24) is 5.32 Å². The average molecular weight is 569 g/mol. The van der Waals surface area contributed by atoms with Gasteiger partial charge in [0.05, 0.1) is 31.4 Å². The Morgan fingerprint density at radius 2 is 1.66 bits per heavy atom. The van der Waals surface area contributed by atoms with Gasteiger partial charge in [0.25, 0.3) is 11.8 Å². The number of carbonyl (C=O) groups excluding carboxylic acids is 2. The van der Waals surface area contributed by atoms with Crippen molar-refractivity contribution >= 4 is 35.3 Å². The number of fused-ring (bicyclic) bond motifs is 1. The van der Waals surface area contributed by atoms with Crippen LogP contribution in [0, 0.1) is 5.82 Å². The van der Waals surface area contributed by atoms with E-state index in [0.717, 1.165) is 21.7 Å². The minimum Gasteiger partial charge on any atom is -0.493 e. The predicted octanol–water partition coefficient (Wildman–Crippen LogP) is 6.50. The number of methoxy groups -OCH3 is 2. The summed E-state index contributed by atoms with van der Waals surface area (Å²) < 4.78 is 25.0. The molecule has 0 aliphatic carbocycles. The van der Waals surface area contributed by atoms with Crippen molar-refractivity contribution < 1.29 is 23.5 Å². The van der Waals surface area contributed by atoms with Crippen LogP contribution in [0.3, 0.4) is 0 Å². The molecule has 4 aromatic rings. The normalized spacial score (nSPS) is 13.6. The number of nitrogens with one attached hydrogen (secondary N) is 1. The molecule has 0 bridgehead atoms. The fraction of sp³-hybridized carbons (Fsp3) is 0.152. The lowest BCUT2D eigenvalue weighted by molar-refractivity contribution is -0.114. The van der Waals surface area contributed by atoms with Crippen molar-refractivity contribution in [3.8, 4) is 11.5 Å². The van der Waals surface area contributed by atoms with E-state index in [1.807, 2.05) is 54.6 Å². The van der Waals surface area contributed by atoms with Crippen LogP contribution < -0.4 is 19.7 Å². The van der Waals surface area contributed by atoms with Gasteiger partial charge in [0.15, 0.2) is 11.5 Å². The summed E-state index contributed by atoms with van der Waals surface area (Å²) in [4.78, 5) is 29.3. The first-order valence-corrected chi connectivity index (χ1v) is 13.9. The van der Waals surface area contributed by atoms with Crippen molar-refractivity contribution in [2.75, 3.05) is 25.7 Å². The molecule has 1 aliphatic rings. The maximum atomic E-state index is 14.4. The minimum absolute atomic E-state index is 0.128. The van der Waals surface area contributed by atoms with Crippen LogP contribution >= 0.6 is 11.8 Å². The Morgan fingerprint density at radius 3 is 2.41 bits per heavy atom. The van der Waals surface area contributed by atoms with Crippen molar-refractivity contribution in [2.24, 2.45) is 0 Å². The molecule has 0 unspecified atom stereocenters. The molecule has 0 saturated heterocycles. The fourth-order valence-corrected chi connectivity index (χ4v) is 5.62. The smallest absolute Gasteiger partial charge is 0.265 e. The Bertz CT molecular complexity index is 1600. The number of para-hydroxylation sites is 1. The second-order valence-electron chi connectivity index (χ2n) is 9.38. The second-order valence-corrected chi connectivity index (χ2v) is 10.5. The lowest BCUT2D eigenvalue weighted by atomic mass is 10.1. The van der Waals surface area contributed by atoms with Crippen LogP contribution in [-0.4, -0.2) is 32.6 Å². The van der Waals surface area contributed by atoms with E-state index in [1.54, 1.807) is 55.5 Å². The molecule has 0 atom stereocenters. The number of ether oxygens (including phenoxy) is 2. The predicted molar refractivity (Wildman–Crippen MR) is 160 cm³/mol. The highest BCUT2D eigenvalue weighted by atomic mass is 32.2. The summed E-state index contributed by atoms with van der Waals surface area (Å²) in [5.74, 6) is 0.575. The first-order chi connectivity index (χ1) is 20.0. The quantitative estimate of drug-likeness (QED) is 0.234. The first kappa shape index (κ1) is 28.0. The summed E-state index contributed by atoms with van der Waals surface area (Å²) in [6, 6.07) is 26.9. The molecule has 8 heteroatoms. The Morgan fingerprint density at radius 1 is 0.927 bits per heavy atom. The number of rotatable bonds is 9. The fourth-order valence-electron chi connectivity index (χ4n) is 4.56. The van der Waals surface area contributed by atoms with Gasteiger partial charge in [-0.05, 0) is 66.1 Å². The summed E-state index contributed by atoms with van der Waals surface area (Å²) in [5, 5.41) is 2.94. The maximum Gasteiger partial charge on any atom is 0.265 e. The van der Waals surface area contributed by atoms with Gasteiger partial charge < -0.3 is 19.7 Å². The molecule has 4 aromatic carbocycles. The van der Waals surface area contributed by atoms with E-state index < -0.39 is 0 Å². The molecule has 0 spiro atoms. The number of carbonyl (C=O) groups is 2. The molecule has 6 nitrogen and oxygen atoms in total. The average Bonchev–Trinajstić information content (AvgIpc) is 3.00. The monoisotopic (exact) mass is 568 g/mol. The molecule has 1 aliphatic heterocycles. The van der Waals surface area contributed by atoms with Crippen LogP contribution in [0.1, 0.15) is 27.0 Å². The van der Waals surface area contributed by atoms with Crippen molar-refractivity contribution in [1.29, 1.82) is 0 Å². The Balaban J connectivity index is 1.26. The Labute approximate surface area is 242 Å². The van der Waals surface area contributed by atoms with E-state index in [2.05, 4.69) is 5.32 Å². The van der Waals surface area contributed by atoms with Crippen LogP contribution in [0.15, 0.2) is 101 Å². The zero-order chi connectivity index (χ0) is 28.8. The summed E-state index contributed by atoms with van der Waals surface area (Å²) in [6.07, 6.45) is 2.44. The van der Waals surface area contributed by atoms with Crippen molar-refractivity contribution in [3.05, 3.63) is 124 Å².